The fourth-order valence-electron chi connectivity index (χ4n) is 3.48. The summed E-state index contributed by atoms with van der Waals surface area (Å²) < 4.78 is 27.3. The van der Waals surface area contributed by atoms with Gasteiger partial charge in [0, 0.05) is 31.2 Å². The normalized spacial score (nSPS) is 22.5. The fraction of sp³-hybridized carbons (Fsp3) is 0.611. The second-order valence-corrected chi connectivity index (χ2v) is 8.79. The van der Waals surface area contributed by atoms with Crippen LogP contribution >= 0.6 is 0 Å². The summed E-state index contributed by atoms with van der Waals surface area (Å²) in [6.07, 6.45) is 6.13. The lowest BCUT2D eigenvalue weighted by Crippen LogP contribution is -2.37. The van der Waals surface area contributed by atoms with Gasteiger partial charge >= 0.3 is 0 Å². The average Bonchev–Trinajstić information content (AvgIpc) is 2.99. The molecule has 138 valence electrons. The van der Waals surface area contributed by atoms with Gasteiger partial charge in [0.2, 0.25) is 10.0 Å². The molecule has 0 saturated carbocycles. The number of sulfonamides is 1. The molecule has 0 bridgehead atoms. The number of nitrogens with zero attached hydrogens (tertiary/aromatic N) is 1. The third-order valence-electron chi connectivity index (χ3n) is 4.97. The summed E-state index contributed by atoms with van der Waals surface area (Å²) in [4.78, 5) is 12.6. The summed E-state index contributed by atoms with van der Waals surface area (Å²) in [7, 11) is -3.53. The fourth-order valence-corrected chi connectivity index (χ4v) is 5.04. The monoisotopic (exact) mass is 365 g/mol. The Morgan fingerprint density at radius 2 is 1.92 bits per heavy atom. The van der Waals surface area contributed by atoms with Crippen LogP contribution in [0.1, 0.15) is 48.9 Å². The molecule has 2 N–H and O–H groups in total. The van der Waals surface area contributed by atoms with Gasteiger partial charge in [-0.15, -0.1) is 0 Å². The topological polar surface area (TPSA) is 78.5 Å². The van der Waals surface area contributed by atoms with Crippen molar-refractivity contribution < 1.29 is 13.2 Å². The van der Waals surface area contributed by atoms with Crippen LogP contribution in [0.5, 0.6) is 0 Å². The van der Waals surface area contributed by atoms with Gasteiger partial charge in [0.05, 0.1) is 4.90 Å². The van der Waals surface area contributed by atoms with Gasteiger partial charge in [-0.1, -0.05) is 18.9 Å². The number of benzene rings is 1. The van der Waals surface area contributed by atoms with Gasteiger partial charge in [0.15, 0.2) is 0 Å². The van der Waals surface area contributed by atoms with Crippen LogP contribution in [-0.4, -0.2) is 50.9 Å². The number of nitrogens with one attached hydrogen (secondary N) is 2. The van der Waals surface area contributed by atoms with E-state index >= 15 is 0 Å². The van der Waals surface area contributed by atoms with E-state index in [1.54, 1.807) is 22.5 Å². The first-order chi connectivity index (χ1) is 12.1. The standard InChI is InChI=1S/C18H27N3O3S/c22-18(20-14-16-8-6-10-19-16)15-7-5-9-17(13-15)25(23,24)21-11-3-1-2-4-12-21/h5,7,9,13,16,19H,1-4,6,8,10-12,14H2,(H,20,22). The summed E-state index contributed by atoms with van der Waals surface area (Å²) in [5, 5.41) is 6.23. The van der Waals surface area contributed by atoms with Crippen molar-refractivity contribution in [3.63, 3.8) is 0 Å². The Hall–Kier alpha value is -1.44. The summed E-state index contributed by atoms with van der Waals surface area (Å²) in [6.45, 7) is 2.68. The Kier molecular flexibility index (Phi) is 6.09. The lowest BCUT2D eigenvalue weighted by molar-refractivity contribution is 0.0950. The molecule has 1 atom stereocenters. The molecule has 0 radical (unpaired) electrons. The van der Waals surface area contributed by atoms with E-state index in [-0.39, 0.29) is 10.8 Å². The van der Waals surface area contributed by atoms with Gasteiger partial charge in [-0.3, -0.25) is 4.79 Å². The van der Waals surface area contributed by atoms with Crippen molar-refractivity contribution in [2.24, 2.45) is 0 Å². The van der Waals surface area contributed by atoms with E-state index in [1.807, 2.05) is 0 Å². The van der Waals surface area contributed by atoms with Crippen LogP contribution in [-0.2, 0) is 10.0 Å². The maximum atomic E-state index is 12.9. The molecule has 3 rings (SSSR count). The van der Waals surface area contributed by atoms with Crippen LogP contribution in [0.4, 0.5) is 0 Å². The maximum Gasteiger partial charge on any atom is 0.251 e. The summed E-state index contributed by atoms with van der Waals surface area (Å²) in [6, 6.07) is 6.70. The number of carbonyl (C=O) groups excluding carboxylic acids is 1. The number of carbonyl (C=O) groups is 1. The first-order valence-electron chi connectivity index (χ1n) is 9.19. The second kappa shape index (κ2) is 8.29. The Morgan fingerprint density at radius 1 is 1.16 bits per heavy atom. The minimum Gasteiger partial charge on any atom is -0.350 e. The van der Waals surface area contributed by atoms with Crippen LogP contribution < -0.4 is 10.6 Å². The zero-order valence-corrected chi connectivity index (χ0v) is 15.4. The van der Waals surface area contributed by atoms with Crippen molar-refractivity contribution in [3.8, 4) is 0 Å². The van der Waals surface area contributed by atoms with Crippen LogP contribution in [0.3, 0.4) is 0 Å². The minimum atomic E-state index is -3.53. The third-order valence-corrected chi connectivity index (χ3v) is 6.87. The molecule has 1 amide bonds. The van der Waals surface area contributed by atoms with Crippen molar-refractivity contribution >= 4 is 15.9 Å². The van der Waals surface area contributed by atoms with E-state index in [0.29, 0.717) is 31.2 Å². The SMILES string of the molecule is O=C(NCC1CCCN1)c1cccc(S(=O)(=O)N2CCCCCC2)c1. The van der Waals surface area contributed by atoms with Crippen LogP contribution in [0, 0.1) is 0 Å². The van der Waals surface area contributed by atoms with E-state index in [0.717, 1.165) is 45.1 Å². The zero-order chi connectivity index (χ0) is 17.7. The van der Waals surface area contributed by atoms with Crippen LogP contribution in [0.2, 0.25) is 0 Å². The largest absolute Gasteiger partial charge is 0.350 e. The quantitative estimate of drug-likeness (QED) is 0.833. The highest BCUT2D eigenvalue weighted by Gasteiger charge is 2.26. The molecule has 2 aliphatic heterocycles. The van der Waals surface area contributed by atoms with E-state index < -0.39 is 10.0 Å². The predicted octanol–water partition coefficient (Wildman–Crippen LogP) is 1.73. The Morgan fingerprint density at radius 3 is 2.60 bits per heavy atom. The molecule has 0 spiro atoms. The lowest BCUT2D eigenvalue weighted by atomic mass is 10.2. The summed E-state index contributed by atoms with van der Waals surface area (Å²) >= 11 is 0. The number of hydrogen-bond acceptors (Lipinski definition) is 4. The molecule has 1 aromatic carbocycles. The summed E-state index contributed by atoms with van der Waals surface area (Å²) in [5.74, 6) is -0.221. The maximum absolute atomic E-state index is 12.9. The first-order valence-corrected chi connectivity index (χ1v) is 10.6. The highest BCUT2D eigenvalue weighted by molar-refractivity contribution is 7.89. The van der Waals surface area contributed by atoms with E-state index in [9.17, 15) is 13.2 Å². The van der Waals surface area contributed by atoms with Crippen LogP contribution in [0.15, 0.2) is 29.2 Å². The van der Waals surface area contributed by atoms with Crippen molar-refractivity contribution in [1.82, 2.24) is 14.9 Å². The van der Waals surface area contributed by atoms with Gasteiger partial charge in [0.1, 0.15) is 0 Å². The summed E-state index contributed by atoms with van der Waals surface area (Å²) in [5.41, 5.74) is 0.397. The molecule has 25 heavy (non-hydrogen) atoms. The molecule has 1 unspecified atom stereocenters. The van der Waals surface area contributed by atoms with E-state index in [2.05, 4.69) is 10.6 Å². The van der Waals surface area contributed by atoms with Crippen molar-refractivity contribution in [2.75, 3.05) is 26.2 Å². The molecular weight excluding hydrogens is 338 g/mol. The molecule has 6 nitrogen and oxygen atoms in total. The lowest BCUT2D eigenvalue weighted by Gasteiger charge is -2.20. The zero-order valence-electron chi connectivity index (χ0n) is 14.5. The Balaban J connectivity index is 1.70. The molecular formula is C18H27N3O3S. The van der Waals surface area contributed by atoms with Gasteiger partial charge in [-0.25, -0.2) is 8.42 Å². The van der Waals surface area contributed by atoms with Gasteiger partial charge in [-0.05, 0) is 50.4 Å². The molecule has 2 aliphatic rings. The third kappa shape index (κ3) is 4.59. The molecule has 2 heterocycles. The highest BCUT2D eigenvalue weighted by Crippen LogP contribution is 2.21. The van der Waals surface area contributed by atoms with Crippen molar-refractivity contribution in [1.29, 1.82) is 0 Å². The molecule has 2 saturated heterocycles. The number of amides is 1. The Bertz CT molecular complexity index is 691. The molecule has 7 heteroatoms. The first kappa shape index (κ1) is 18.4. The van der Waals surface area contributed by atoms with Gasteiger partial charge in [-0.2, -0.15) is 4.31 Å². The minimum absolute atomic E-state index is 0.209. The van der Waals surface area contributed by atoms with Gasteiger partial charge in [0.25, 0.3) is 5.91 Å². The molecule has 1 aromatic rings. The van der Waals surface area contributed by atoms with E-state index in [1.165, 1.54) is 6.07 Å². The predicted molar refractivity (Wildman–Crippen MR) is 97.0 cm³/mol. The van der Waals surface area contributed by atoms with E-state index in [4.69, 9.17) is 0 Å². The molecule has 0 aliphatic carbocycles. The molecule has 0 aromatic heterocycles. The number of rotatable bonds is 5. The molecule has 2 fully saturated rings. The van der Waals surface area contributed by atoms with Crippen molar-refractivity contribution in [2.45, 2.75) is 49.5 Å². The average molecular weight is 365 g/mol. The Labute approximate surface area is 150 Å². The number of hydrogen-bond donors (Lipinski definition) is 2. The van der Waals surface area contributed by atoms with Crippen molar-refractivity contribution in [3.05, 3.63) is 29.8 Å². The van der Waals surface area contributed by atoms with Crippen LogP contribution in [0.25, 0.3) is 0 Å². The van der Waals surface area contributed by atoms with Gasteiger partial charge < -0.3 is 10.6 Å². The second-order valence-electron chi connectivity index (χ2n) is 6.85. The highest BCUT2D eigenvalue weighted by atomic mass is 32.2. The smallest absolute Gasteiger partial charge is 0.251 e.